The fourth-order valence-electron chi connectivity index (χ4n) is 2.73. The summed E-state index contributed by atoms with van der Waals surface area (Å²) in [5.74, 6) is -0.393. The Hall–Kier alpha value is -3.12. The molecule has 0 saturated heterocycles. The summed E-state index contributed by atoms with van der Waals surface area (Å²) in [6.07, 6.45) is 3.67. The standard InChI is InChI=1S/C21H17FN2/c1-15-7-5-11-21(16(15)2)24-12-6-8-18(24)13-17(14-23)19-9-3-4-10-20(19)22/h3-13H,1-2H3/b17-13-. The van der Waals surface area contributed by atoms with E-state index < -0.39 is 5.82 Å². The van der Waals surface area contributed by atoms with Gasteiger partial charge in [-0.2, -0.15) is 5.26 Å². The molecule has 3 rings (SSSR count). The summed E-state index contributed by atoms with van der Waals surface area (Å²) in [4.78, 5) is 0. The van der Waals surface area contributed by atoms with E-state index in [1.54, 1.807) is 24.3 Å². The fourth-order valence-corrected chi connectivity index (χ4v) is 2.73. The van der Waals surface area contributed by atoms with Crippen molar-refractivity contribution >= 4 is 11.6 Å². The highest BCUT2D eigenvalue weighted by Crippen LogP contribution is 2.24. The average Bonchev–Trinajstić information content (AvgIpc) is 3.04. The lowest BCUT2D eigenvalue weighted by atomic mass is 10.0. The van der Waals surface area contributed by atoms with Crippen LogP contribution in [0.2, 0.25) is 0 Å². The molecule has 1 aromatic heterocycles. The molecule has 0 aliphatic heterocycles. The van der Waals surface area contributed by atoms with Crippen molar-refractivity contribution in [3.05, 3.63) is 89.0 Å². The molecule has 2 aromatic carbocycles. The molecule has 0 saturated carbocycles. The number of benzene rings is 2. The van der Waals surface area contributed by atoms with Gasteiger partial charge in [0.25, 0.3) is 0 Å². The lowest BCUT2D eigenvalue weighted by Gasteiger charge is -2.12. The van der Waals surface area contributed by atoms with Gasteiger partial charge in [0.05, 0.1) is 11.6 Å². The zero-order valence-electron chi connectivity index (χ0n) is 13.6. The van der Waals surface area contributed by atoms with Gasteiger partial charge < -0.3 is 4.57 Å². The topological polar surface area (TPSA) is 28.7 Å². The summed E-state index contributed by atoms with van der Waals surface area (Å²) < 4.78 is 16.0. The highest BCUT2D eigenvalue weighted by Gasteiger charge is 2.10. The number of aromatic nitrogens is 1. The minimum Gasteiger partial charge on any atom is -0.317 e. The minimum absolute atomic E-state index is 0.304. The highest BCUT2D eigenvalue weighted by atomic mass is 19.1. The molecule has 118 valence electrons. The Labute approximate surface area is 141 Å². The minimum atomic E-state index is -0.393. The largest absolute Gasteiger partial charge is 0.317 e. The molecule has 24 heavy (non-hydrogen) atoms. The third-order valence-corrected chi connectivity index (χ3v) is 4.19. The van der Waals surface area contributed by atoms with Crippen LogP contribution >= 0.6 is 0 Å². The van der Waals surface area contributed by atoms with Crippen molar-refractivity contribution in [2.24, 2.45) is 0 Å². The van der Waals surface area contributed by atoms with Gasteiger partial charge in [0.1, 0.15) is 5.82 Å². The molecule has 0 spiro atoms. The zero-order valence-corrected chi connectivity index (χ0v) is 13.6. The van der Waals surface area contributed by atoms with Crippen LogP contribution in [0.15, 0.2) is 60.8 Å². The molecule has 0 unspecified atom stereocenters. The van der Waals surface area contributed by atoms with Crippen molar-refractivity contribution < 1.29 is 4.39 Å². The lowest BCUT2D eigenvalue weighted by Crippen LogP contribution is -1.99. The molecule has 3 heteroatoms. The van der Waals surface area contributed by atoms with E-state index in [9.17, 15) is 9.65 Å². The van der Waals surface area contributed by atoms with Crippen LogP contribution in [0.5, 0.6) is 0 Å². The molecule has 0 fully saturated rings. The Balaban J connectivity index is 2.12. The predicted octanol–water partition coefficient (Wildman–Crippen LogP) is 5.30. The van der Waals surface area contributed by atoms with Crippen LogP contribution < -0.4 is 0 Å². The highest BCUT2D eigenvalue weighted by molar-refractivity contribution is 5.89. The van der Waals surface area contributed by atoms with Crippen LogP contribution in [0, 0.1) is 31.0 Å². The van der Waals surface area contributed by atoms with Gasteiger partial charge in [0, 0.05) is 23.1 Å². The van der Waals surface area contributed by atoms with Crippen molar-refractivity contribution in [2.45, 2.75) is 13.8 Å². The van der Waals surface area contributed by atoms with Crippen molar-refractivity contribution in [3.63, 3.8) is 0 Å². The van der Waals surface area contributed by atoms with E-state index in [-0.39, 0.29) is 0 Å². The number of nitriles is 1. The molecule has 1 heterocycles. The normalized spacial score (nSPS) is 11.3. The second-order valence-corrected chi connectivity index (χ2v) is 5.67. The van der Waals surface area contributed by atoms with Crippen molar-refractivity contribution in [1.82, 2.24) is 4.57 Å². The third-order valence-electron chi connectivity index (χ3n) is 4.19. The van der Waals surface area contributed by atoms with E-state index in [4.69, 9.17) is 0 Å². The van der Waals surface area contributed by atoms with Crippen LogP contribution in [0.25, 0.3) is 17.3 Å². The summed E-state index contributed by atoms with van der Waals surface area (Å²) >= 11 is 0. The summed E-state index contributed by atoms with van der Waals surface area (Å²) in [5, 5.41) is 9.47. The first-order chi connectivity index (χ1) is 11.6. The SMILES string of the molecule is Cc1cccc(-n2cccc2/C=C(/C#N)c2ccccc2F)c1C. The van der Waals surface area contributed by atoms with E-state index in [0.29, 0.717) is 11.1 Å². The smallest absolute Gasteiger partial charge is 0.131 e. The average molecular weight is 316 g/mol. The molecule has 0 aliphatic carbocycles. The van der Waals surface area contributed by atoms with Crippen LogP contribution in [0.4, 0.5) is 4.39 Å². The van der Waals surface area contributed by atoms with Gasteiger partial charge in [-0.3, -0.25) is 0 Å². The molecule has 0 atom stereocenters. The van der Waals surface area contributed by atoms with Crippen LogP contribution in [0.1, 0.15) is 22.4 Å². The Bertz CT molecular complexity index is 958. The molecular formula is C21H17FN2. The second-order valence-electron chi connectivity index (χ2n) is 5.67. The predicted molar refractivity (Wildman–Crippen MR) is 95.1 cm³/mol. The number of rotatable bonds is 3. The molecule has 0 radical (unpaired) electrons. The Kier molecular flexibility index (Phi) is 4.31. The molecule has 0 N–H and O–H groups in total. The van der Waals surface area contributed by atoms with Gasteiger partial charge in [-0.05, 0) is 55.3 Å². The first-order valence-corrected chi connectivity index (χ1v) is 7.72. The Morgan fingerprint density at radius 2 is 1.83 bits per heavy atom. The van der Waals surface area contributed by atoms with Gasteiger partial charge in [0.2, 0.25) is 0 Å². The van der Waals surface area contributed by atoms with Crippen LogP contribution in [0.3, 0.4) is 0 Å². The van der Waals surface area contributed by atoms with Gasteiger partial charge in [-0.25, -0.2) is 4.39 Å². The molecule has 3 aromatic rings. The number of nitrogens with zero attached hydrogens (tertiary/aromatic N) is 2. The quantitative estimate of drug-likeness (QED) is 0.603. The van der Waals surface area contributed by atoms with E-state index >= 15 is 0 Å². The summed E-state index contributed by atoms with van der Waals surface area (Å²) in [5.41, 5.74) is 4.88. The Morgan fingerprint density at radius 3 is 2.58 bits per heavy atom. The van der Waals surface area contributed by atoms with E-state index in [1.165, 1.54) is 17.2 Å². The number of hydrogen-bond acceptors (Lipinski definition) is 1. The van der Waals surface area contributed by atoms with Gasteiger partial charge in [-0.15, -0.1) is 0 Å². The van der Waals surface area contributed by atoms with Gasteiger partial charge in [-0.1, -0.05) is 30.3 Å². The fraction of sp³-hybridized carbons (Fsp3) is 0.0952. The lowest BCUT2D eigenvalue weighted by molar-refractivity contribution is 0.624. The maximum Gasteiger partial charge on any atom is 0.131 e. The number of allylic oxidation sites excluding steroid dienone is 1. The molecule has 2 nitrogen and oxygen atoms in total. The number of aryl methyl sites for hydroxylation is 1. The van der Waals surface area contributed by atoms with Gasteiger partial charge in [0.15, 0.2) is 0 Å². The first kappa shape index (κ1) is 15.8. The first-order valence-electron chi connectivity index (χ1n) is 7.72. The van der Waals surface area contributed by atoms with E-state index in [1.807, 2.05) is 35.0 Å². The summed E-state index contributed by atoms with van der Waals surface area (Å²) in [7, 11) is 0. The molecular weight excluding hydrogens is 299 g/mol. The molecule has 0 bridgehead atoms. The second kappa shape index (κ2) is 6.55. The van der Waals surface area contributed by atoms with Crippen molar-refractivity contribution in [1.29, 1.82) is 5.26 Å². The number of halogens is 1. The Morgan fingerprint density at radius 1 is 1.04 bits per heavy atom. The maximum absolute atomic E-state index is 14.0. The van der Waals surface area contributed by atoms with Crippen LogP contribution in [-0.4, -0.2) is 4.57 Å². The molecule has 0 amide bonds. The molecule has 0 aliphatic rings. The van der Waals surface area contributed by atoms with E-state index in [2.05, 4.69) is 26.0 Å². The summed E-state index contributed by atoms with van der Waals surface area (Å²) in [6, 6.07) is 18.4. The van der Waals surface area contributed by atoms with Crippen molar-refractivity contribution in [3.8, 4) is 11.8 Å². The summed E-state index contributed by atoms with van der Waals surface area (Å²) in [6.45, 7) is 4.14. The monoisotopic (exact) mass is 316 g/mol. The zero-order chi connectivity index (χ0) is 17.1. The van der Waals surface area contributed by atoms with Crippen LogP contribution in [-0.2, 0) is 0 Å². The number of hydrogen-bond donors (Lipinski definition) is 0. The maximum atomic E-state index is 14.0. The third kappa shape index (κ3) is 2.87. The van der Waals surface area contributed by atoms with Crippen molar-refractivity contribution in [2.75, 3.05) is 0 Å². The van der Waals surface area contributed by atoms with E-state index in [0.717, 1.165) is 11.4 Å². The van der Waals surface area contributed by atoms with Gasteiger partial charge >= 0.3 is 0 Å².